The van der Waals surface area contributed by atoms with Gasteiger partial charge in [0.05, 0.1) is 7.11 Å². The van der Waals surface area contributed by atoms with Gasteiger partial charge in [-0.25, -0.2) is 0 Å². The summed E-state index contributed by atoms with van der Waals surface area (Å²) < 4.78 is 5.12. The van der Waals surface area contributed by atoms with Crippen molar-refractivity contribution in [1.29, 1.82) is 0 Å². The molecule has 0 aliphatic carbocycles. The predicted molar refractivity (Wildman–Crippen MR) is 90.6 cm³/mol. The lowest BCUT2D eigenvalue weighted by Crippen LogP contribution is -2.32. The molecule has 4 heteroatoms. The van der Waals surface area contributed by atoms with Crippen molar-refractivity contribution in [3.05, 3.63) is 53.6 Å². The Bertz CT molecular complexity index is 630. The van der Waals surface area contributed by atoms with Gasteiger partial charge in [-0.1, -0.05) is 18.2 Å². The molecule has 1 amide bonds. The summed E-state index contributed by atoms with van der Waals surface area (Å²) in [6.45, 7) is 5.82. The van der Waals surface area contributed by atoms with Gasteiger partial charge in [-0.3, -0.25) is 4.79 Å². The number of carbonyl (C=O) groups is 1. The quantitative estimate of drug-likeness (QED) is 0.884. The van der Waals surface area contributed by atoms with Crippen LogP contribution in [-0.2, 0) is 4.79 Å². The van der Waals surface area contributed by atoms with E-state index in [-0.39, 0.29) is 11.9 Å². The first-order valence-corrected chi connectivity index (χ1v) is 7.29. The maximum atomic E-state index is 12.3. The van der Waals surface area contributed by atoms with Crippen molar-refractivity contribution in [2.24, 2.45) is 0 Å². The molecule has 0 fully saturated rings. The van der Waals surface area contributed by atoms with E-state index in [0.29, 0.717) is 0 Å². The third-order valence-electron chi connectivity index (χ3n) is 3.60. The number of amides is 1. The average Bonchev–Trinajstić information content (AvgIpc) is 2.51. The van der Waals surface area contributed by atoms with E-state index in [2.05, 4.69) is 10.6 Å². The first kappa shape index (κ1) is 15.9. The molecule has 0 aliphatic heterocycles. The van der Waals surface area contributed by atoms with E-state index in [1.165, 1.54) is 0 Å². The Morgan fingerprint density at radius 1 is 1.05 bits per heavy atom. The van der Waals surface area contributed by atoms with Gasteiger partial charge in [0.15, 0.2) is 0 Å². The Balaban J connectivity index is 2.02. The maximum absolute atomic E-state index is 12.3. The van der Waals surface area contributed by atoms with Crippen molar-refractivity contribution in [2.75, 3.05) is 17.7 Å². The summed E-state index contributed by atoms with van der Waals surface area (Å²) >= 11 is 0. The standard InChI is InChI=1S/C18H22N2O2/c1-12-6-5-7-13(2)17(12)20-18(21)14(3)19-15-8-10-16(22-4)11-9-15/h5-11,14,19H,1-4H3,(H,20,21). The van der Waals surface area contributed by atoms with Crippen LogP contribution in [0.1, 0.15) is 18.1 Å². The number of methoxy groups -OCH3 is 1. The van der Waals surface area contributed by atoms with Crippen LogP contribution in [0.25, 0.3) is 0 Å². The second kappa shape index (κ2) is 6.98. The van der Waals surface area contributed by atoms with E-state index < -0.39 is 0 Å². The second-order valence-electron chi connectivity index (χ2n) is 5.35. The molecule has 2 rings (SSSR count). The molecule has 0 radical (unpaired) electrons. The number of benzene rings is 2. The molecule has 0 bridgehead atoms. The zero-order chi connectivity index (χ0) is 16.1. The molecule has 0 spiro atoms. The number of rotatable bonds is 5. The zero-order valence-electron chi connectivity index (χ0n) is 13.4. The molecule has 116 valence electrons. The molecule has 2 aromatic rings. The fraction of sp³-hybridized carbons (Fsp3) is 0.278. The summed E-state index contributed by atoms with van der Waals surface area (Å²) in [5, 5.41) is 6.18. The Morgan fingerprint density at radius 3 is 2.18 bits per heavy atom. The van der Waals surface area contributed by atoms with Crippen LogP contribution in [0, 0.1) is 13.8 Å². The molecule has 0 aromatic heterocycles. The van der Waals surface area contributed by atoms with Gasteiger partial charge >= 0.3 is 0 Å². The molecular weight excluding hydrogens is 276 g/mol. The molecule has 1 atom stereocenters. The highest BCUT2D eigenvalue weighted by molar-refractivity contribution is 5.97. The normalized spacial score (nSPS) is 11.6. The third kappa shape index (κ3) is 3.79. The first-order chi connectivity index (χ1) is 10.5. The van der Waals surface area contributed by atoms with E-state index >= 15 is 0 Å². The number of para-hydroxylation sites is 1. The van der Waals surface area contributed by atoms with Crippen LogP contribution < -0.4 is 15.4 Å². The van der Waals surface area contributed by atoms with Gasteiger partial charge in [-0.15, -0.1) is 0 Å². The maximum Gasteiger partial charge on any atom is 0.246 e. The van der Waals surface area contributed by atoms with Crippen molar-refractivity contribution in [3.63, 3.8) is 0 Å². The van der Waals surface area contributed by atoms with Gasteiger partial charge in [0.1, 0.15) is 11.8 Å². The van der Waals surface area contributed by atoms with Crippen LogP contribution in [0.3, 0.4) is 0 Å². The molecule has 0 heterocycles. The summed E-state index contributed by atoms with van der Waals surface area (Å²) in [5.74, 6) is 0.728. The number of hydrogen-bond donors (Lipinski definition) is 2. The van der Waals surface area contributed by atoms with E-state index in [0.717, 1.165) is 28.3 Å². The van der Waals surface area contributed by atoms with E-state index in [1.807, 2.05) is 63.2 Å². The molecule has 2 aromatic carbocycles. The highest BCUT2D eigenvalue weighted by atomic mass is 16.5. The fourth-order valence-corrected chi connectivity index (χ4v) is 2.25. The van der Waals surface area contributed by atoms with Gasteiger partial charge in [-0.2, -0.15) is 0 Å². The Kier molecular flexibility index (Phi) is 5.04. The average molecular weight is 298 g/mol. The third-order valence-corrected chi connectivity index (χ3v) is 3.60. The smallest absolute Gasteiger partial charge is 0.246 e. The van der Waals surface area contributed by atoms with E-state index in [9.17, 15) is 4.79 Å². The minimum atomic E-state index is -0.340. The SMILES string of the molecule is COc1ccc(NC(C)C(=O)Nc2c(C)cccc2C)cc1. The fourth-order valence-electron chi connectivity index (χ4n) is 2.25. The number of nitrogens with one attached hydrogen (secondary N) is 2. The summed E-state index contributed by atoms with van der Waals surface area (Å²) in [6, 6.07) is 13.1. The van der Waals surface area contributed by atoms with Gasteiger partial charge in [-0.05, 0) is 56.2 Å². The molecule has 0 aliphatic rings. The molecule has 22 heavy (non-hydrogen) atoms. The van der Waals surface area contributed by atoms with Crippen molar-refractivity contribution in [1.82, 2.24) is 0 Å². The molecule has 1 unspecified atom stereocenters. The van der Waals surface area contributed by atoms with E-state index in [4.69, 9.17) is 4.74 Å². The molecule has 0 saturated heterocycles. The highest BCUT2D eigenvalue weighted by Gasteiger charge is 2.14. The van der Waals surface area contributed by atoms with Gasteiger partial charge in [0, 0.05) is 11.4 Å². The second-order valence-corrected chi connectivity index (χ2v) is 5.35. The Hall–Kier alpha value is -2.49. The first-order valence-electron chi connectivity index (χ1n) is 7.29. The van der Waals surface area contributed by atoms with Crippen LogP contribution >= 0.6 is 0 Å². The lowest BCUT2D eigenvalue weighted by Gasteiger charge is -2.17. The molecular formula is C18H22N2O2. The highest BCUT2D eigenvalue weighted by Crippen LogP contribution is 2.20. The minimum absolute atomic E-state index is 0.0618. The number of carbonyl (C=O) groups excluding carboxylic acids is 1. The lowest BCUT2D eigenvalue weighted by atomic mass is 10.1. The van der Waals surface area contributed by atoms with Gasteiger partial charge in [0.25, 0.3) is 0 Å². The lowest BCUT2D eigenvalue weighted by molar-refractivity contribution is -0.116. The van der Waals surface area contributed by atoms with Gasteiger partial charge in [0.2, 0.25) is 5.91 Å². The minimum Gasteiger partial charge on any atom is -0.497 e. The molecule has 2 N–H and O–H groups in total. The van der Waals surface area contributed by atoms with Crippen molar-refractivity contribution in [3.8, 4) is 5.75 Å². The van der Waals surface area contributed by atoms with Crippen molar-refractivity contribution < 1.29 is 9.53 Å². The predicted octanol–water partition coefficient (Wildman–Crippen LogP) is 3.75. The van der Waals surface area contributed by atoms with Crippen LogP contribution in [-0.4, -0.2) is 19.1 Å². The number of hydrogen-bond acceptors (Lipinski definition) is 3. The van der Waals surface area contributed by atoms with Crippen LogP contribution in [0.2, 0.25) is 0 Å². The van der Waals surface area contributed by atoms with Gasteiger partial charge < -0.3 is 15.4 Å². The van der Waals surface area contributed by atoms with Crippen LogP contribution in [0.15, 0.2) is 42.5 Å². The summed E-state index contributed by atoms with van der Waals surface area (Å²) in [7, 11) is 1.63. The van der Waals surface area contributed by atoms with Crippen LogP contribution in [0.5, 0.6) is 5.75 Å². The molecule has 0 saturated carbocycles. The zero-order valence-corrected chi connectivity index (χ0v) is 13.4. The largest absolute Gasteiger partial charge is 0.497 e. The monoisotopic (exact) mass is 298 g/mol. The Labute approximate surface area is 131 Å². The Morgan fingerprint density at radius 2 is 1.64 bits per heavy atom. The number of anilines is 2. The molecule has 4 nitrogen and oxygen atoms in total. The summed E-state index contributed by atoms with van der Waals surface area (Å²) in [6.07, 6.45) is 0. The van der Waals surface area contributed by atoms with Crippen molar-refractivity contribution >= 4 is 17.3 Å². The van der Waals surface area contributed by atoms with E-state index in [1.54, 1.807) is 7.11 Å². The number of ether oxygens (including phenoxy) is 1. The summed E-state index contributed by atoms with van der Waals surface area (Å²) in [5.41, 5.74) is 3.89. The topological polar surface area (TPSA) is 50.4 Å². The van der Waals surface area contributed by atoms with Crippen LogP contribution in [0.4, 0.5) is 11.4 Å². The summed E-state index contributed by atoms with van der Waals surface area (Å²) in [4.78, 5) is 12.3. The van der Waals surface area contributed by atoms with Crippen molar-refractivity contribution in [2.45, 2.75) is 26.8 Å². The number of aryl methyl sites for hydroxylation is 2.